The number of anilines is 2. The average Bonchev–Trinajstić information content (AvgIpc) is 3.49. The number of thiazole rings is 1. The number of nitrogens with one attached hydrogen (secondary N) is 2. The number of aryl methyl sites for hydroxylation is 1. The molecular weight excluding hydrogens is 466 g/mol. The Balaban J connectivity index is 1.39. The lowest BCUT2D eigenvalue weighted by molar-refractivity contribution is 0.102. The number of hydrogen-bond acceptors (Lipinski definition) is 9. The zero-order chi connectivity index (χ0) is 23.3. The number of tetrazole rings is 1. The maximum atomic E-state index is 12.7. The van der Waals surface area contributed by atoms with Crippen LogP contribution >= 0.6 is 11.3 Å². The maximum absolute atomic E-state index is 12.7. The van der Waals surface area contributed by atoms with E-state index < -0.39 is 10.0 Å². The van der Waals surface area contributed by atoms with Crippen molar-refractivity contribution in [2.24, 2.45) is 0 Å². The highest BCUT2D eigenvalue weighted by molar-refractivity contribution is 7.93. The van der Waals surface area contributed by atoms with Crippen molar-refractivity contribution in [1.82, 2.24) is 25.2 Å². The summed E-state index contributed by atoms with van der Waals surface area (Å²) in [5, 5.41) is 16.1. The fourth-order valence-corrected chi connectivity index (χ4v) is 4.60. The van der Waals surface area contributed by atoms with E-state index in [1.165, 1.54) is 41.8 Å². The standard InChI is InChI=1S/C20H19N7O4S2/c1-2-27-18(23-25-26-27)13-31-16-5-3-4-14(12-16)19(28)22-15-6-8-17(9-7-15)33(29,30)24-20-21-10-11-32-20/h3-12H,2,13H2,1H3,(H,21,24)(H,22,28). The van der Waals surface area contributed by atoms with Gasteiger partial charge in [-0.15, -0.1) is 16.4 Å². The van der Waals surface area contributed by atoms with Crippen LogP contribution in [0.2, 0.25) is 0 Å². The van der Waals surface area contributed by atoms with E-state index in [4.69, 9.17) is 4.74 Å². The number of benzene rings is 2. The van der Waals surface area contributed by atoms with E-state index in [1.54, 1.807) is 34.3 Å². The molecule has 2 heterocycles. The van der Waals surface area contributed by atoms with Gasteiger partial charge >= 0.3 is 0 Å². The molecule has 0 fully saturated rings. The second-order valence-corrected chi connectivity index (χ2v) is 9.23. The predicted molar refractivity (Wildman–Crippen MR) is 122 cm³/mol. The lowest BCUT2D eigenvalue weighted by atomic mass is 10.2. The van der Waals surface area contributed by atoms with Gasteiger partial charge in [-0.3, -0.25) is 9.52 Å². The van der Waals surface area contributed by atoms with Crippen LogP contribution in [0.15, 0.2) is 65.0 Å². The summed E-state index contributed by atoms with van der Waals surface area (Å²) >= 11 is 1.18. The third-order valence-corrected chi connectivity index (χ3v) is 6.62. The molecule has 11 nitrogen and oxygen atoms in total. The van der Waals surface area contributed by atoms with Gasteiger partial charge in [0.25, 0.3) is 15.9 Å². The summed E-state index contributed by atoms with van der Waals surface area (Å²) < 4.78 is 34.6. The van der Waals surface area contributed by atoms with Crippen LogP contribution in [0, 0.1) is 0 Å². The smallest absolute Gasteiger partial charge is 0.263 e. The molecule has 4 aromatic rings. The van der Waals surface area contributed by atoms with Crippen molar-refractivity contribution >= 4 is 38.1 Å². The van der Waals surface area contributed by atoms with Gasteiger partial charge in [-0.05, 0) is 59.8 Å². The maximum Gasteiger partial charge on any atom is 0.263 e. The number of nitrogens with zero attached hydrogens (tertiary/aromatic N) is 5. The van der Waals surface area contributed by atoms with Gasteiger partial charge in [0.1, 0.15) is 12.4 Å². The topological polar surface area (TPSA) is 141 Å². The van der Waals surface area contributed by atoms with Gasteiger partial charge in [0.05, 0.1) is 4.90 Å². The Morgan fingerprint density at radius 2 is 2.00 bits per heavy atom. The third kappa shape index (κ3) is 5.51. The summed E-state index contributed by atoms with van der Waals surface area (Å²) in [7, 11) is -3.76. The summed E-state index contributed by atoms with van der Waals surface area (Å²) in [5.41, 5.74) is 0.825. The molecule has 0 bridgehead atoms. The molecule has 2 aromatic carbocycles. The summed E-state index contributed by atoms with van der Waals surface area (Å²) in [4.78, 5) is 16.6. The first-order chi connectivity index (χ1) is 15.9. The molecular formula is C20H19N7O4S2. The van der Waals surface area contributed by atoms with Crippen molar-refractivity contribution in [2.45, 2.75) is 25.0 Å². The van der Waals surface area contributed by atoms with Crippen molar-refractivity contribution in [3.63, 3.8) is 0 Å². The number of carbonyl (C=O) groups excluding carboxylic acids is 1. The third-order valence-electron chi connectivity index (χ3n) is 4.45. The molecule has 4 rings (SSSR count). The van der Waals surface area contributed by atoms with Crippen LogP contribution in [-0.4, -0.2) is 39.5 Å². The second-order valence-electron chi connectivity index (χ2n) is 6.65. The quantitative estimate of drug-likeness (QED) is 0.369. The summed E-state index contributed by atoms with van der Waals surface area (Å²) in [5.74, 6) is 0.699. The Morgan fingerprint density at radius 1 is 1.18 bits per heavy atom. The number of carbonyl (C=O) groups is 1. The molecule has 2 N–H and O–H groups in total. The molecule has 2 aromatic heterocycles. The molecule has 0 atom stereocenters. The Kier molecular flexibility index (Phi) is 6.60. The van der Waals surface area contributed by atoms with Gasteiger partial charge in [0.2, 0.25) is 0 Å². The number of sulfonamides is 1. The van der Waals surface area contributed by atoms with Gasteiger partial charge < -0.3 is 10.1 Å². The fraction of sp³-hybridized carbons (Fsp3) is 0.150. The molecule has 0 unspecified atom stereocenters. The van der Waals surface area contributed by atoms with Gasteiger partial charge in [-0.25, -0.2) is 18.1 Å². The summed E-state index contributed by atoms with van der Waals surface area (Å²) in [6.07, 6.45) is 1.51. The van der Waals surface area contributed by atoms with Crippen molar-refractivity contribution in [1.29, 1.82) is 0 Å². The first-order valence-electron chi connectivity index (χ1n) is 9.76. The molecule has 0 saturated carbocycles. The van der Waals surface area contributed by atoms with Crippen LogP contribution in [0.1, 0.15) is 23.1 Å². The van der Waals surface area contributed by atoms with E-state index in [0.29, 0.717) is 29.4 Å². The van der Waals surface area contributed by atoms with Crippen molar-refractivity contribution in [2.75, 3.05) is 10.0 Å². The predicted octanol–water partition coefficient (Wildman–Crippen LogP) is 2.78. The van der Waals surface area contributed by atoms with Crippen molar-refractivity contribution in [3.05, 3.63) is 71.5 Å². The van der Waals surface area contributed by atoms with Gasteiger partial charge in [0.15, 0.2) is 11.0 Å². The van der Waals surface area contributed by atoms with E-state index in [2.05, 4.69) is 30.5 Å². The molecule has 0 spiro atoms. The summed E-state index contributed by atoms with van der Waals surface area (Å²) in [6.45, 7) is 2.70. The lowest BCUT2D eigenvalue weighted by Crippen LogP contribution is -2.14. The second kappa shape index (κ2) is 9.75. The van der Waals surface area contributed by atoms with Crippen LogP contribution in [0.25, 0.3) is 0 Å². The molecule has 13 heteroatoms. The lowest BCUT2D eigenvalue weighted by Gasteiger charge is -2.10. The minimum absolute atomic E-state index is 0.0560. The Hall–Kier alpha value is -3.84. The van der Waals surface area contributed by atoms with E-state index in [0.717, 1.165) is 0 Å². The number of amides is 1. The van der Waals surface area contributed by atoms with Crippen LogP contribution in [0.5, 0.6) is 5.75 Å². The molecule has 1 amide bonds. The fourth-order valence-electron chi connectivity index (χ4n) is 2.82. The normalized spacial score (nSPS) is 11.2. The van der Waals surface area contributed by atoms with Gasteiger partial charge in [-0.1, -0.05) is 6.07 Å². The zero-order valence-electron chi connectivity index (χ0n) is 17.4. The monoisotopic (exact) mass is 485 g/mol. The van der Waals surface area contributed by atoms with E-state index in [9.17, 15) is 13.2 Å². The minimum Gasteiger partial charge on any atom is -0.486 e. The number of ether oxygens (including phenoxy) is 1. The minimum atomic E-state index is -3.76. The summed E-state index contributed by atoms with van der Waals surface area (Å²) in [6, 6.07) is 12.5. The van der Waals surface area contributed by atoms with Gasteiger partial charge in [-0.2, -0.15) is 0 Å². The zero-order valence-corrected chi connectivity index (χ0v) is 19.0. The Morgan fingerprint density at radius 3 is 2.73 bits per heavy atom. The molecule has 170 valence electrons. The first kappa shape index (κ1) is 22.4. The number of hydrogen-bond donors (Lipinski definition) is 2. The molecule has 0 saturated heterocycles. The van der Waals surface area contributed by atoms with Crippen LogP contribution in [-0.2, 0) is 23.2 Å². The van der Waals surface area contributed by atoms with Crippen LogP contribution in [0.3, 0.4) is 0 Å². The largest absolute Gasteiger partial charge is 0.486 e. The molecule has 33 heavy (non-hydrogen) atoms. The first-order valence-corrected chi connectivity index (χ1v) is 12.1. The van der Waals surface area contributed by atoms with E-state index in [-0.39, 0.29) is 22.5 Å². The average molecular weight is 486 g/mol. The van der Waals surface area contributed by atoms with E-state index in [1.807, 2.05) is 6.92 Å². The van der Waals surface area contributed by atoms with Crippen LogP contribution in [0.4, 0.5) is 10.8 Å². The number of aromatic nitrogens is 5. The van der Waals surface area contributed by atoms with Crippen LogP contribution < -0.4 is 14.8 Å². The molecule has 0 aliphatic heterocycles. The molecule has 0 aliphatic rings. The Bertz CT molecular complexity index is 1340. The van der Waals surface area contributed by atoms with E-state index >= 15 is 0 Å². The highest BCUT2D eigenvalue weighted by atomic mass is 32.2. The molecule has 0 aliphatic carbocycles. The van der Waals surface area contributed by atoms with Crippen molar-refractivity contribution < 1.29 is 17.9 Å². The molecule has 0 radical (unpaired) electrons. The number of rotatable bonds is 9. The highest BCUT2D eigenvalue weighted by Gasteiger charge is 2.16. The highest BCUT2D eigenvalue weighted by Crippen LogP contribution is 2.21. The van der Waals surface area contributed by atoms with Crippen molar-refractivity contribution in [3.8, 4) is 5.75 Å². The Labute approximate surface area is 193 Å². The van der Waals surface area contributed by atoms with Gasteiger partial charge in [0, 0.05) is 29.4 Å². The SMILES string of the molecule is CCn1nnnc1COc1cccc(C(=O)Nc2ccc(S(=O)(=O)Nc3nccs3)cc2)c1.